The van der Waals surface area contributed by atoms with Crippen LogP contribution < -0.4 is 10.6 Å². The van der Waals surface area contributed by atoms with Crippen LogP contribution in [0.5, 0.6) is 0 Å². The summed E-state index contributed by atoms with van der Waals surface area (Å²) < 4.78 is 5.09. The van der Waals surface area contributed by atoms with Gasteiger partial charge in [0.2, 0.25) is 5.91 Å². The van der Waals surface area contributed by atoms with E-state index in [1.807, 2.05) is 13.8 Å². The van der Waals surface area contributed by atoms with Crippen LogP contribution in [0.15, 0.2) is 42.5 Å². The number of benzene rings is 2. The summed E-state index contributed by atoms with van der Waals surface area (Å²) in [4.78, 5) is 44.3. The number of esters is 1. The summed E-state index contributed by atoms with van der Waals surface area (Å²) in [5, 5.41) is 5.24. The van der Waals surface area contributed by atoms with Crippen LogP contribution in [-0.4, -0.2) is 34.4 Å². The van der Waals surface area contributed by atoms with E-state index in [-0.39, 0.29) is 11.5 Å². The average Bonchev–Trinajstić information content (AvgIpc) is 2.66. The van der Waals surface area contributed by atoms with E-state index in [2.05, 4.69) is 20.6 Å². The van der Waals surface area contributed by atoms with Gasteiger partial charge in [-0.25, -0.2) is 14.8 Å². The molecule has 0 fully saturated rings. The summed E-state index contributed by atoms with van der Waals surface area (Å²) in [5.41, 5.74) is 4.19. The Balaban J connectivity index is 1.61. The molecule has 3 rings (SSSR count). The first-order chi connectivity index (χ1) is 13.8. The van der Waals surface area contributed by atoms with Crippen LogP contribution in [0.4, 0.5) is 11.4 Å². The molecule has 8 heteroatoms. The van der Waals surface area contributed by atoms with Crippen molar-refractivity contribution in [2.24, 2.45) is 0 Å². The van der Waals surface area contributed by atoms with Crippen molar-refractivity contribution < 1.29 is 19.1 Å². The van der Waals surface area contributed by atoms with Crippen molar-refractivity contribution in [1.29, 1.82) is 0 Å². The molecule has 0 bridgehead atoms. The predicted octanol–water partition coefficient (Wildman–Crippen LogP) is 3.00. The van der Waals surface area contributed by atoms with E-state index in [1.165, 1.54) is 6.92 Å². The summed E-state index contributed by atoms with van der Waals surface area (Å²) >= 11 is 0. The van der Waals surface area contributed by atoms with Crippen molar-refractivity contribution in [2.75, 3.05) is 17.2 Å². The number of rotatable bonds is 5. The molecule has 0 radical (unpaired) electrons. The number of aromatic nitrogens is 2. The van der Waals surface area contributed by atoms with Crippen molar-refractivity contribution in [1.82, 2.24) is 9.97 Å². The van der Waals surface area contributed by atoms with Crippen LogP contribution in [0.1, 0.15) is 28.7 Å². The Kier molecular flexibility index (Phi) is 5.82. The molecular formula is C21H20N4O4. The molecule has 2 N–H and O–H groups in total. The maximum atomic E-state index is 12.3. The molecule has 0 saturated heterocycles. The predicted molar refractivity (Wildman–Crippen MR) is 109 cm³/mol. The minimum absolute atomic E-state index is 0.215. The van der Waals surface area contributed by atoms with Crippen LogP contribution >= 0.6 is 0 Å². The summed E-state index contributed by atoms with van der Waals surface area (Å²) in [6.07, 6.45) is 0. The van der Waals surface area contributed by atoms with Gasteiger partial charge in [-0.1, -0.05) is 6.07 Å². The van der Waals surface area contributed by atoms with Gasteiger partial charge in [-0.3, -0.25) is 9.59 Å². The van der Waals surface area contributed by atoms with Crippen molar-refractivity contribution in [3.05, 3.63) is 59.4 Å². The molecule has 0 atom stereocenters. The number of anilines is 2. The molecule has 0 saturated carbocycles. The van der Waals surface area contributed by atoms with Crippen LogP contribution in [-0.2, 0) is 14.3 Å². The number of aryl methyl sites for hydroxylation is 2. The maximum absolute atomic E-state index is 12.3. The van der Waals surface area contributed by atoms with Crippen molar-refractivity contribution in [3.63, 3.8) is 0 Å². The number of carbonyl (C=O) groups excluding carboxylic acids is 3. The molecule has 1 heterocycles. The molecule has 0 spiro atoms. The Labute approximate surface area is 167 Å². The Bertz CT molecular complexity index is 1110. The lowest BCUT2D eigenvalue weighted by Crippen LogP contribution is -2.21. The fourth-order valence-electron chi connectivity index (χ4n) is 2.65. The Morgan fingerprint density at radius 1 is 0.897 bits per heavy atom. The number of nitrogens with one attached hydrogen (secondary N) is 2. The third kappa shape index (κ3) is 5.13. The zero-order chi connectivity index (χ0) is 21.0. The van der Waals surface area contributed by atoms with Gasteiger partial charge in [0.05, 0.1) is 28.0 Å². The second kappa shape index (κ2) is 8.47. The third-order valence-corrected chi connectivity index (χ3v) is 4.11. The van der Waals surface area contributed by atoms with E-state index in [9.17, 15) is 14.4 Å². The van der Waals surface area contributed by atoms with Gasteiger partial charge in [-0.05, 0) is 50.2 Å². The fraction of sp³-hybridized carbons (Fsp3) is 0.190. The zero-order valence-electron chi connectivity index (χ0n) is 16.3. The van der Waals surface area contributed by atoms with Gasteiger partial charge in [-0.2, -0.15) is 0 Å². The van der Waals surface area contributed by atoms with Gasteiger partial charge < -0.3 is 15.4 Å². The molecule has 8 nitrogen and oxygen atoms in total. The van der Waals surface area contributed by atoms with E-state index in [1.54, 1.807) is 42.5 Å². The van der Waals surface area contributed by atoms with Crippen LogP contribution in [0.3, 0.4) is 0 Å². The lowest BCUT2D eigenvalue weighted by atomic mass is 10.2. The Morgan fingerprint density at radius 3 is 2.24 bits per heavy atom. The molecule has 0 unspecified atom stereocenters. The molecule has 2 aromatic carbocycles. The molecule has 0 aliphatic carbocycles. The third-order valence-electron chi connectivity index (χ3n) is 4.11. The molecule has 3 aromatic rings. The highest BCUT2D eigenvalue weighted by Crippen LogP contribution is 2.16. The number of hydrogen-bond donors (Lipinski definition) is 2. The average molecular weight is 392 g/mol. The summed E-state index contributed by atoms with van der Waals surface area (Å²) in [5.74, 6) is -1.34. The van der Waals surface area contributed by atoms with Crippen molar-refractivity contribution in [3.8, 4) is 0 Å². The normalized spacial score (nSPS) is 10.4. The molecule has 0 aliphatic heterocycles. The second-order valence-electron chi connectivity index (χ2n) is 6.48. The van der Waals surface area contributed by atoms with Gasteiger partial charge in [-0.15, -0.1) is 0 Å². The van der Waals surface area contributed by atoms with Gasteiger partial charge in [0.1, 0.15) is 0 Å². The Morgan fingerprint density at radius 2 is 1.55 bits per heavy atom. The number of carbonyl (C=O) groups is 3. The van der Waals surface area contributed by atoms with E-state index in [4.69, 9.17) is 4.74 Å². The van der Waals surface area contributed by atoms with E-state index in [0.29, 0.717) is 22.4 Å². The minimum Gasteiger partial charge on any atom is -0.452 e. The van der Waals surface area contributed by atoms with Crippen LogP contribution in [0, 0.1) is 13.8 Å². The number of ether oxygens (including phenoxy) is 1. The first-order valence-electron chi connectivity index (χ1n) is 8.91. The largest absolute Gasteiger partial charge is 0.452 e. The number of nitrogens with zero attached hydrogens (tertiary/aromatic N) is 2. The fourth-order valence-corrected chi connectivity index (χ4v) is 2.65. The standard InChI is InChI=1S/C21H20N4O4/c1-12-13(2)23-19-9-15(7-8-18(19)22-12)21(28)29-11-20(27)25-17-6-4-5-16(10-17)24-14(3)26/h4-10H,11H2,1-3H3,(H,24,26)(H,25,27). The highest BCUT2D eigenvalue weighted by Gasteiger charge is 2.12. The summed E-state index contributed by atoms with van der Waals surface area (Å²) in [7, 11) is 0. The first-order valence-corrected chi connectivity index (χ1v) is 8.91. The van der Waals surface area contributed by atoms with Crippen LogP contribution in [0.25, 0.3) is 11.0 Å². The van der Waals surface area contributed by atoms with E-state index < -0.39 is 18.5 Å². The van der Waals surface area contributed by atoms with Gasteiger partial charge in [0, 0.05) is 18.3 Å². The molecular weight excluding hydrogens is 372 g/mol. The monoisotopic (exact) mass is 392 g/mol. The van der Waals surface area contributed by atoms with E-state index >= 15 is 0 Å². The van der Waals surface area contributed by atoms with Crippen molar-refractivity contribution >= 4 is 40.2 Å². The quantitative estimate of drug-likeness (QED) is 0.646. The smallest absolute Gasteiger partial charge is 0.338 e. The number of fused-ring (bicyclic) bond motifs is 1. The molecule has 0 aliphatic rings. The molecule has 29 heavy (non-hydrogen) atoms. The van der Waals surface area contributed by atoms with Gasteiger partial charge in [0.15, 0.2) is 6.61 Å². The van der Waals surface area contributed by atoms with Gasteiger partial charge in [0.25, 0.3) is 5.91 Å². The molecule has 2 amide bonds. The summed E-state index contributed by atoms with van der Waals surface area (Å²) in [6.45, 7) is 4.66. The van der Waals surface area contributed by atoms with Crippen molar-refractivity contribution in [2.45, 2.75) is 20.8 Å². The lowest BCUT2D eigenvalue weighted by molar-refractivity contribution is -0.119. The SMILES string of the molecule is CC(=O)Nc1cccc(NC(=O)COC(=O)c2ccc3nc(C)c(C)nc3c2)c1. The van der Waals surface area contributed by atoms with E-state index in [0.717, 1.165) is 11.4 Å². The zero-order valence-corrected chi connectivity index (χ0v) is 16.3. The molecule has 148 valence electrons. The van der Waals surface area contributed by atoms with Gasteiger partial charge >= 0.3 is 5.97 Å². The molecule has 1 aromatic heterocycles. The second-order valence-corrected chi connectivity index (χ2v) is 6.48. The number of amides is 2. The highest BCUT2D eigenvalue weighted by molar-refractivity contribution is 5.97. The Hall–Kier alpha value is -3.81. The lowest BCUT2D eigenvalue weighted by Gasteiger charge is -2.09. The summed E-state index contributed by atoms with van der Waals surface area (Å²) in [6, 6.07) is 11.5. The van der Waals surface area contributed by atoms with Crippen LogP contribution in [0.2, 0.25) is 0 Å². The topological polar surface area (TPSA) is 110 Å². The minimum atomic E-state index is -0.630. The maximum Gasteiger partial charge on any atom is 0.338 e. The first kappa shape index (κ1) is 19.9. The number of hydrogen-bond acceptors (Lipinski definition) is 6. The highest BCUT2D eigenvalue weighted by atomic mass is 16.5.